The van der Waals surface area contributed by atoms with Gasteiger partial charge in [-0.15, -0.1) is 0 Å². The Bertz CT molecular complexity index is 1070. The van der Waals surface area contributed by atoms with Gasteiger partial charge in [-0.05, 0) is 66.4 Å². The number of amides is 1. The second-order valence-corrected chi connectivity index (χ2v) is 9.42. The van der Waals surface area contributed by atoms with Crippen LogP contribution in [0.5, 0.6) is 0 Å². The summed E-state index contributed by atoms with van der Waals surface area (Å²) in [6.45, 7) is 8.61. The molecule has 2 unspecified atom stereocenters. The average molecular weight is 486 g/mol. The molecule has 36 heavy (non-hydrogen) atoms. The zero-order chi connectivity index (χ0) is 26.3. The van der Waals surface area contributed by atoms with Gasteiger partial charge in [-0.3, -0.25) is 4.79 Å². The number of aryl methyl sites for hydroxylation is 3. The van der Waals surface area contributed by atoms with Crippen molar-refractivity contribution in [1.29, 1.82) is 0 Å². The molecule has 2 N–H and O–H groups in total. The van der Waals surface area contributed by atoms with E-state index in [1.807, 2.05) is 19.1 Å². The van der Waals surface area contributed by atoms with Crippen molar-refractivity contribution in [3.63, 3.8) is 0 Å². The number of nitrogens with one attached hydrogen (secondary N) is 1. The fourth-order valence-electron chi connectivity index (χ4n) is 4.05. The second-order valence-electron chi connectivity index (χ2n) is 9.42. The van der Waals surface area contributed by atoms with Crippen LogP contribution >= 0.6 is 0 Å². The van der Waals surface area contributed by atoms with Gasteiger partial charge in [0.15, 0.2) is 0 Å². The molecule has 0 saturated heterocycles. The van der Waals surface area contributed by atoms with E-state index in [0.717, 1.165) is 24.8 Å². The number of carbonyl (C=O) groups excluding carboxylic acids is 1. The Morgan fingerprint density at radius 1 is 0.917 bits per heavy atom. The van der Waals surface area contributed by atoms with Crippen LogP contribution in [0, 0.1) is 6.92 Å². The first kappa shape index (κ1) is 29.1. The van der Waals surface area contributed by atoms with Gasteiger partial charge in [-0.2, -0.15) is 0 Å². The molecule has 0 saturated carbocycles. The molecule has 2 atom stereocenters. The van der Waals surface area contributed by atoms with Crippen LogP contribution in [0.15, 0.2) is 84.9 Å². The van der Waals surface area contributed by atoms with E-state index in [-0.39, 0.29) is 5.91 Å². The van der Waals surface area contributed by atoms with Crippen molar-refractivity contribution in [3.8, 4) is 0 Å². The van der Waals surface area contributed by atoms with Crippen LogP contribution in [0.3, 0.4) is 0 Å². The van der Waals surface area contributed by atoms with Crippen molar-refractivity contribution in [2.24, 2.45) is 0 Å². The summed E-state index contributed by atoms with van der Waals surface area (Å²) in [5.74, 6) is 0.514. The van der Waals surface area contributed by atoms with Crippen LogP contribution in [-0.4, -0.2) is 24.2 Å². The first-order valence-electron chi connectivity index (χ1n) is 13.2. The number of carbonyl (C=O) groups is 1. The Kier molecular flexibility index (Phi) is 12.7. The summed E-state index contributed by atoms with van der Waals surface area (Å²) in [5.41, 5.74) is 6.90. The smallest absolute Gasteiger partial charge is 0.244 e. The Hall–Kier alpha value is -3.17. The number of benzene rings is 3. The van der Waals surface area contributed by atoms with E-state index in [4.69, 9.17) is 0 Å². The van der Waals surface area contributed by atoms with E-state index in [1.165, 1.54) is 34.8 Å². The van der Waals surface area contributed by atoms with E-state index in [2.05, 4.69) is 92.8 Å². The number of hydrogen-bond donors (Lipinski definition) is 2. The summed E-state index contributed by atoms with van der Waals surface area (Å²) in [7, 11) is 1.59. The van der Waals surface area contributed by atoms with E-state index >= 15 is 0 Å². The highest BCUT2D eigenvalue weighted by molar-refractivity contribution is 5.95. The molecule has 0 aliphatic rings. The van der Waals surface area contributed by atoms with Crippen LogP contribution in [0.25, 0.3) is 5.57 Å². The Morgan fingerprint density at radius 2 is 1.58 bits per heavy atom. The maximum Gasteiger partial charge on any atom is 0.244 e. The van der Waals surface area contributed by atoms with Crippen LogP contribution < -0.4 is 5.32 Å². The van der Waals surface area contributed by atoms with Gasteiger partial charge in [0.2, 0.25) is 5.91 Å². The zero-order valence-electron chi connectivity index (χ0n) is 22.6. The summed E-state index contributed by atoms with van der Waals surface area (Å²) in [6.07, 6.45) is 5.57. The molecule has 0 bridgehead atoms. The van der Waals surface area contributed by atoms with E-state index in [0.29, 0.717) is 17.9 Å². The summed E-state index contributed by atoms with van der Waals surface area (Å²) >= 11 is 0. The molecule has 3 heteroatoms. The Morgan fingerprint density at radius 3 is 2.17 bits per heavy atom. The highest BCUT2D eigenvalue weighted by atomic mass is 16.3. The molecule has 3 nitrogen and oxygen atoms in total. The molecule has 192 valence electrons. The Balaban J connectivity index is 0.000000380. The number of rotatable bonds is 10. The van der Waals surface area contributed by atoms with Gasteiger partial charge in [-0.1, -0.05) is 112 Å². The highest BCUT2D eigenvalue weighted by Crippen LogP contribution is 2.23. The lowest BCUT2D eigenvalue weighted by Crippen LogP contribution is -2.18. The number of likely N-dealkylation sites (N-methyl/N-ethyl adjacent to an activating group) is 1. The summed E-state index contributed by atoms with van der Waals surface area (Å²) in [4.78, 5) is 11.8. The predicted molar refractivity (Wildman–Crippen MR) is 153 cm³/mol. The normalized spacial score (nSPS) is 12.8. The minimum atomic E-state index is -0.629. The molecular weight excluding hydrogens is 442 g/mol. The highest BCUT2D eigenvalue weighted by Gasteiger charge is 2.14. The van der Waals surface area contributed by atoms with Crippen LogP contribution in [0.1, 0.15) is 73.8 Å². The first-order chi connectivity index (χ1) is 17.4. The van der Waals surface area contributed by atoms with Crippen LogP contribution in [-0.2, 0) is 17.6 Å². The van der Waals surface area contributed by atoms with Crippen molar-refractivity contribution >= 4 is 11.5 Å². The van der Waals surface area contributed by atoms with Crippen molar-refractivity contribution in [3.05, 3.63) is 113 Å². The summed E-state index contributed by atoms with van der Waals surface area (Å²) in [5, 5.41) is 13.0. The zero-order valence-corrected chi connectivity index (χ0v) is 22.6. The number of aliphatic hydroxyl groups excluding tert-OH is 1. The third-order valence-electron chi connectivity index (χ3n) is 6.51. The number of aliphatic hydroxyl groups is 1. The molecule has 3 aromatic carbocycles. The van der Waals surface area contributed by atoms with Gasteiger partial charge in [0.1, 0.15) is 0 Å². The molecule has 0 aliphatic carbocycles. The predicted octanol–water partition coefficient (Wildman–Crippen LogP) is 7.27. The van der Waals surface area contributed by atoms with Crippen LogP contribution in [0.2, 0.25) is 0 Å². The van der Waals surface area contributed by atoms with E-state index < -0.39 is 6.10 Å². The average Bonchev–Trinajstić information content (AvgIpc) is 2.91. The van der Waals surface area contributed by atoms with Gasteiger partial charge in [0.05, 0.1) is 6.10 Å². The van der Waals surface area contributed by atoms with Gasteiger partial charge in [0, 0.05) is 13.1 Å². The molecule has 0 aromatic heterocycles. The second kappa shape index (κ2) is 15.7. The molecular formula is C33H43NO2. The van der Waals surface area contributed by atoms with Gasteiger partial charge in [0.25, 0.3) is 0 Å². The molecule has 3 aromatic rings. The standard InChI is InChI=1S/C23H29NO2.C10H14/c1-4-6-22(25)21(16-23(26)24-3)20-13-11-18(12-14-20)9-10-19-8-5-7-17(2)15-19;1-3-9(2)10-7-5-4-6-8-10/h5,7-8,11-16,22,25H,4,6,9-10H2,1-3H3,(H,24,26);4-9H,3H2,1-2H3/b21-16-;. The quantitative estimate of drug-likeness (QED) is 0.297. The van der Waals surface area contributed by atoms with Gasteiger partial charge in [-0.25, -0.2) is 0 Å². The van der Waals surface area contributed by atoms with Crippen molar-refractivity contribution < 1.29 is 9.90 Å². The molecule has 0 radical (unpaired) electrons. The van der Waals surface area contributed by atoms with Gasteiger partial charge >= 0.3 is 0 Å². The maximum absolute atomic E-state index is 11.8. The molecule has 3 rings (SSSR count). The minimum Gasteiger partial charge on any atom is -0.388 e. The minimum absolute atomic E-state index is 0.196. The monoisotopic (exact) mass is 485 g/mol. The molecule has 0 aliphatic heterocycles. The summed E-state index contributed by atoms with van der Waals surface area (Å²) in [6, 6.07) is 27.4. The van der Waals surface area contributed by atoms with Crippen molar-refractivity contribution in [2.45, 2.75) is 71.8 Å². The largest absolute Gasteiger partial charge is 0.388 e. The van der Waals surface area contributed by atoms with Gasteiger partial charge < -0.3 is 10.4 Å². The first-order valence-corrected chi connectivity index (χ1v) is 13.2. The third-order valence-corrected chi connectivity index (χ3v) is 6.51. The molecule has 0 fully saturated rings. The topological polar surface area (TPSA) is 49.3 Å². The van der Waals surface area contributed by atoms with E-state index in [1.54, 1.807) is 7.05 Å². The van der Waals surface area contributed by atoms with E-state index in [9.17, 15) is 9.90 Å². The van der Waals surface area contributed by atoms with Crippen molar-refractivity contribution in [1.82, 2.24) is 5.32 Å². The number of hydrogen-bond acceptors (Lipinski definition) is 2. The fraction of sp³-hybridized carbons (Fsp3) is 0.364. The molecule has 0 spiro atoms. The molecule has 0 heterocycles. The van der Waals surface area contributed by atoms with Crippen molar-refractivity contribution in [2.75, 3.05) is 7.05 Å². The maximum atomic E-state index is 11.8. The SMILES string of the molecule is CCC(C)c1ccccc1.CCCC(O)/C(=C\C(=O)NC)c1ccc(CCc2cccc(C)c2)cc1. The summed E-state index contributed by atoms with van der Waals surface area (Å²) < 4.78 is 0. The Labute approximate surface area is 218 Å². The third kappa shape index (κ3) is 9.83. The van der Waals surface area contributed by atoms with Crippen LogP contribution in [0.4, 0.5) is 0 Å². The lowest BCUT2D eigenvalue weighted by molar-refractivity contribution is -0.116. The molecule has 1 amide bonds. The fourth-order valence-corrected chi connectivity index (χ4v) is 4.05. The lowest BCUT2D eigenvalue weighted by Gasteiger charge is -2.15. The lowest BCUT2D eigenvalue weighted by atomic mass is 9.95.